The lowest BCUT2D eigenvalue weighted by molar-refractivity contribution is 0.631. The summed E-state index contributed by atoms with van der Waals surface area (Å²) in [5, 5.41) is 5.55. The molecule has 0 unspecified atom stereocenters. The maximum atomic E-state index is 4.70. The summed E-state index contributed by atoms with van der Waals surface area (Å²) in [6, 6.07) is 6.22. The van der Waals surface area contributed by atoms with Gasteiger partial charge in [-0.15, -0.1) is 11.3 Å². The van der Waals surface area contributed by atoms with E-state index in [4.69, 9.17) is 4.98 Å². The monoisotopic (exact) mass is 245 g/mol. The molecule has 0 fully saturated rings. The molecular weight excluding hydrogens is 230 g/mol. The SMILES string of the molecule is CC(C)(C)Nc1nc2ccsc2n2cccc12. The van der Waals surface area contributed by atoms with Gasteiger partial charge >= 0.3 is 0 Å². The van der Waals surface area contributed by atoms with Crippen molar-refractivity contribution in [3.8, 4) is 0 Å². The average molecular weight is 245 g/mol. The van der Waals surface area contributed by atoms with Crippen molar-refractivity contribution < 1.29 is 0 Å². The van der Waals surface area contributed by atoms with E-state index < -0.39 is 0 Å². The van der Waals surface area contributed by atoms with Gasteiger partial charge in [-0.05, 0) is 44.4 Å². The zero-order valence-corrected chi connectivity index (χ0v) is 11.0. The lowest BCUT2D eigenvalue weighted by atomic mass is 10.1. The largest absolute Gasteiger partial charge is 0.364 e. The molecule has 0 spiro atoms. The second-order valence-corrected chi connectivity index (χ2v) is 6.10. The predicted molar refractivity (Wildman–Crippen MR) is 74.0 cm³/mol. The molecule has 88 valence electrons. The van der Waals surface area contributed by atoms with E-state index in [-0.39, 0.29) is 5.54 Å². The van der Waals surface area contributed by atoms with Crippen LogP contribution in [0.2, 0.25) is 0 Å². The molecule has 3 rings (SSSR count). The first-order valence-corrected chi connectivity index (χ1v) is 6.55. The molecule has 3 aromatic rings. The van der Waals surface area contributed by atoms with Crippen molar-refractivity contribution in [3.05, 3.63) is 29.8 Å². The Morgan fingerprint density at radius 2 is 2.12 bits per heavy atom. The van der Waals surface area contributed by atoms with Gasteiger partial charge in [0, 0.05) is 11.7 Å². The first kappa shape index (κ1) is 10.6. The van der Waals surface area contributed by atoms with Gasteiger partial charge in [0.2, 0.25) is 0 Å². The number of anilines is 1. The van der Waals surface area contributed by atoms with E-state index in [0.717, 1.165) is 16.9 Å². The minimum Gasteiger partial charge on any atom is -0.364 e. The molecule has 3 aromatic heterocycles. The number of nitrogens with zero attached hydrogens (tertiary/aromatic N) is 2. The molecule has 0 radical (unpaired) electrons. The lowest BCUT2D eigenvalue weighted by Gasteiger charge is -2.22. The van der Waals surface area contributed by atoms with Crippen molar-refractivity contribution in [1.82, 2.24) is 9.38 Å². The summed E-state index contributed by atoms with van der Waals surface area (Å²) < 4.78 is 2.20. The van der Waals surface area contributed by atoms with Crippen LogP contribution < -0.4 is 5.32 Å². The predicted octanol–water partition coefficient (Wildman–Crippen LogP) is 3.76. The van der Waals surface area contributed by atoms with Crippen LogP contribution in [0.4, 0.5) is 5.82 Å². The highest BCUT2D eigenvalue weighted by molar-refractivity contribution is 7.16. The molecule has 0 atom stereocenters. The minimum absolute atomic E-state index is 0.0153. The number of thiophene rings is 1. The lowest BCUT2D eigenvalue weighted by Crippen LogP contribution is -2.27. The Morgan fingerprint density at radius 3 is 2.88 bits per heavy atom. The highest BCUT2D eigenvalue weighted by Gasteiger charge is 2.14. The van der Waals surface area contributed by atoms with Crippen LogP contribution in [0.3, 0.4) is 0 Å². The van der Waals surface area contributed by atoms with E-state index in [0.29, 0.717) is 0 Å². The van der Waals surface area contributed by atoms with E-state index in [1.54, 1.807) is 11.3 Å². The first-order chi connectivity index (χ1) is 8.04. The molecule has 0 amide bonds. The number of aromatic nitrogens is 2. The molecule has 4 heteroatoms. The van der Waals surface area contributed by atoms with Crippen molar-refractivity contribution in [2.45, 2.75) is 26.3 Å². The average Bonchev–Trinajstić information content (AvgIpc) is 2.79. The van der Waals surface area contributed by atoms with Crippen molar-refractivity contribution in [2.75, 3.05) is 5.32 Å². The summed E-state index contributed by atoms with van der Waals surface area (Å²) in [5.74, 6) is 0.952. The molecule has 1 N–H and O–H groups in total. The molecule has 17 heavy (non-hydrogen) atoms. The highest BCUT2D eigenvalue weighted by Crippen LogP contribution is 2.27. The van der Waals surface area contributed by atoms with Crippen LogP contribution in [0.15, 0.2) is 29.8 Å². The Bertz CT molecular complexity index is 673. The zero-order valence-electron chi connectivity index (χ0n) is 10.2. The summed E-state index contributed by atoms with van der Waals surface area (Å²) in [6.07, 6.45) is 2.09. The summed E-state index contributed by atoms with van der Waals surface area (Å²) in [6.45, 7) is 6.43. The highest BCUT2D eigenvalue weighted by atomic mass is 32.1. The van der Waals surface area contributed by atoms with Gasteiger partial charge in [-0.1, -0.05) is 0 Å². The van der Waals surface area contributed by atoms with E-state index in [1.807, 2.05) is 0 Å². The number of rotatable bonds is 1. The van der Waals surface area contributed by atoms with E-state index in [1.165, 1.54) is 4.83 Å². The molecule has 0 aliphatic heterocycles. The fraction of sp³-hybridized carbons (Fsp3) is 0.308. The Balaban J connectivity index is 2.30. The van der Waals surface area contributed by atoms with Gasteiger partial charge in [0.15, 0.2) is 5.82 Å². The summed E-state index contributed by atoms with van der Waals surface area (Å²) >= 11 is 1.72. The molecule has 0 aliphatic carbocycles. The first-order valence-electron chi connectivity index (χ1n) is 5.67. The molecule has 3 nitrogen and oxygen atoms in total. The Kier molecular flexibility index (Phi) is 2.16. The van der Waals surface area contributed by atoms with E-state index in [9.17, 15) is 0 Å². The van der Waals surface area contributed by atoms with Crippen LogP contribution in [0.5, 0.6) is 0 Å². The third-order valence-corrected chi connectivity index (χ3v) is 3.46. The Morgan fingerprint density at radius 1 is 1.29 bits per heavy atom. The van der Waals surface area contributed by atoms with Crippen LogP contribution in [-0.4, -0.2) is 14.9 Å². The fourth-order valence-electron chi connectivity index (χ4n) is 1.94. The second kappa shape index (κ2) is 3.47. The summed E-state index contributed by atoms with van der Waals surface area (Å²) in [7, 11) is 0. The van der Waals surface area contributed by atoms with Crippen LogP contribution in [0, 0.1) is 0 Å². The number of nitrogens with one attached hydrogen (secondary N) is 1. The molecule has 0 aromatic carbocycles. The summed E-state index contributed by atoms with van der Waals surface area (Å²) in [5.41, 5.74) is 2.20. The van der Waals surface area contributed by atoms with Crippen LogP contribution in [-0.2, 0) is 0 Å². The molecule has 0 bridgehead atoms. The summed E-state index contributed by atoms with van der Waals surface area (Å²) in [4.78, 5) is 5.90. The quantitative estimate of drug-likeness (QED) is 0.707. The third-order valence-electron chi connectivity index (χ3n) is 2.56. The third kappa shape index (κ3) is 1.78. The van der Waals surface area contributed by atoms with Crippen LogP contribution in [0.25, 0.3) is 15.9 Å². The van der Waals surface area contributed by atoms with Gasteiger partial charge in [0.25, 0.3) is 0 Å². The smallest absolute Gasteiger partial charge is 0.151 e. The van der Waals surface area contributed by atoms with Crippen LogP contribution >= 0.6 is 11.3 Å². The minimum atomic E-state index is 0.0153. The molecule has 3 heterocycles. The van der Waals surface area contributed by atoms with Gasteiger partial charge in [0.05, 0.1) is 5.52 Å². The topological polar surface area (TPSA) is 29.3 Å². The normalized spacial score (nSPS) is 12.4. The Labute approximate surface area is 104 Å². The maximum absolute atomic E-state index is 4.70. The molecule has 0 aliphatic rings. The van der Waals surface area contributed by atoms with Gasteiger partial charge in [-0.2, -0.15) is 0 Å². The molecule has 0 saturated heterocycles. The van der Waals surface area contributed by atoms with Gasteiger partial charge in [-0.25, -0.2) is 4.98 Å². The van der Waals surface area contributed by atoms with Crippen molar-refractivity contribution in [1.29, 1.82) is 0 Å². The fourth-order valence-corrected chi connectivity index (χ4v) is 2.77. The Hall–Kier alpha value is -1.55. The maximum Gasteiger partial charge on any atom is 0.151 e. The van der Waals surface area contributed by atoms with Crippen molar-refractivity contribution in [2.24, 2.45) is 0 Å². The number of hydrogen-bond acceptors (Lipinski definition) is 3. The van der Waals surface area contributed by atoms with Crippen molar-refractivity contribution in [3.63, 3.8) is 0 Å². The van der Waals surface area contributed by atoms with E-state index >= 15 is 0 Å². The molecule has 0 saturated carbocycles. The van der Waals surface area contributed by atoms with Gasteiger partial charge in [-0.3, -0.25) is 0 Å². The number of hydrogen-bond donors (Lipinski definition) is 1. The zero-order chi connectivity index (χ0) is 12.0. The van der Waals surface area contributed by atoms with Gasteiger partial charge in [0.1, 0.15) is 10.3 Å². The van der Waals surface area contributed by atoms with Crippen LogP contribution in [0.1, 0.15) is 20.8 Å². The van der Waals surface area contributed by atoms with Crippen molar-refractivity contribution >= 4 is 33.0 Å². The number of fused-ring (bicyclic) bond motifs is 3. The van der Waals surface area contributed by atoms with E-state index in [2.05, 4.69) is 60.3 Å². The second-order valence-electron chi connectivity index (χ2n) is 5.21. The van der Waals surface area contributed by atoms with Gasteiger partial charge < -0.3 is 9.72 Å². The standard InChI is InChI=1S/C13H15N3S/c1-13(2,3)15-11-10-5-4-7-16(10)12-9(14-11)6-8-17-12/h4-8H,1-3H3,(H,14,15). The molecular formula is C13H15N3S.